The molecule has 0 fully saturated rings. The third-order valence-corrected chi connectivity index (χ3v) is 3.36. The van der Waals surface area contributed by atoms with Gasteiger partial charge in [0.1, 0.15) is 11.5 Å². The largest absolute Gasteiger partial charge is 0.478 e. The lowest BCUT2D eigenvalue weighted by Gasteiger charge is -2.12. The van der Waals surface area contributed by atoms with Crippen molar-refractivity contribution in [3.05, 3.63) is 47.7 Å². The van der Waals surface area contributed by atoms with Crippen molar-refractivity contribution in [2.24, 2.45) is 0 Å². The number of carboxylic acid groups (broad SMARTS) is 1. The van der Waals surface area contributed by atoms with Crippen LogP contribution >= 0.6 is 0 Å². The molecule has 2 rings (SSSR count). The first-order valence-corrected chi connectivity index (χ1v) is 6.90. The Bertz CT molecular complexity index is 585. The van der Waals surface area contributed by atoms with Crippen molar-refractivity contribution in [2.75, 3.05) is 6.61 Å². The SMILES string of the molecule is CCC(CO)NCc1ccc(-c2ccc(C(=O)O)cc2)o1. The molecule has 1 heterocycles. The van der Waals surface area contributed by atoms with Gasteiger partial charge < -0.3 is 19.9 Å². The molecule has 112 valence electrons. The lowest BCUT2D eigenvalue weighted by Crippen LogP contribution is -2.30. The number of carboxylic acids is 1. The van der Waals surface area contributed by atoms with Gasteiger partial charge in [-0.1, -0.05) is 19.1 Å². The van der Waals surface area contributed by atoms with Crippen LogP contribution in [-0.4, -0.2) is 28.8 Å². The molecule has 1 aromatic carbocycles. The summed E-state index contributed by atoms with van der Waals surface area (Å²) in [6.45, 7) is 2.65. The molecule has 1 atom stereocenters. The second-order valence-electron chi connectivity index (χ2n) is 4.82. The maximum atomic E-state index is 10.8. The maximum absolute atomic E-state index is 10.8. The number of aliphatic hydroxyl groups is 1. The smallest absolute Gasteiger partial charge is 0.335 e. The molecule has 1 unspecified atom stereocenters. The molecule has 0 aliphatic carbocycles. The number of aliphatic hydroxyl groups excluding tert-OH is 1. The highest BCUT2D eigenvalue weighted by atomic mass is 16.4. The lowest BCUT2D eigenvalue weighted by atomic mass is 10.1. The predicted molar refractivity (Wildman–Crippen MR) is 79.1 cm³/mol. The predicted octanol–water partition coefficient (Wildman–Crippen LogP) is 2.51. The van der Waals surface area contributed by atoms with Crippen molar-refractivity contribution < 1.29 is 19.4 Å². The highest BCUT2D eigenvalue weighted by Crippen LogP contribution is 2.22. The van der Waals surface area contributed by atoms with E-state index in [1.54, 1.807) is 24.3 Å². The Labute approximate surface area is 123 Å². The summed E-state index contributed by atoms with van der Waals surface area (Å²) in [6, 6.07) is 10.3. The van der Waals surface area contributed by atoms with Crippen LogP contribution in [0, 0.1) is 0 Å². The monoisotopic (exact) mass is 289 g/mol. The molecule has 0 spiro atoms. The molecule has 0 saturated heterocycles. The molecule has 3 N–H and O–H groups in total. The minimum absolute atomic E-state index is 0.0633. The van der Waals surface area contributed by atoms with E-state index >= 15 is 0 Å². The molecule has 0 bridgehead atoms. The third kappa shape index (κ3) is 3.93. The van der Waals surface area contributed by atoms with E-state index in [0.717, 1.165) is 17.7 Å². The van der Waals surface area contributed by atoms with Crippen LogP contribution in [0.5, 0.6) is 0 Å². The lowest BCUT2D eigenvalue weighted by molar-refractivity contribution is 0.0697. The van der Waals surface area contributed by atoms with E-state index in [4.69, 9.17) is 14.6 Å². The molecule has 5 nitrogen and oxygen atoms in total. The second kappa shape index (κ2) is 7.06. The number of aromatic carboxylic acids is 1. The first-order valence-electron chi connectivity index (χ1n) is 6.90. The van der Waals surface area contributed by atoms with Gasteiger partial charge in [-0.2, -0.15) is 0 Å². The maximum Gasteiger partial charge on any atom is 0.335 e. The summed E-state index contributed by atoms with van der Waals surface area (Å²) in [5.74, 6) is 0.528. The third-order valence-electron chi connectivity index (χ3n) is 3.36. The van der Waals surface area contributed by atoms with Crippen molar-refractivity contribution in [3.8, 4) is 11.3 Å². The van der Waals surface area contributed by atoms with Crippen molar-refractivity contribution in [3.63, 3.8) is 0 Å². The van der Waals surface area contributed by atoms with E-state index in [0.29, 0.717) is 12.3 Å². The van der Waals surface area contributed by atoms with Crippen LogP contribution in [0.4, 0.5) is 0 Å². The Morgan fingerprint density at radius 1 is 1.24 bits per heavy atom. The standard InChI is InChI=1S/C16H19NO4/c1-2-13(10-18)17-9-14-7-8-15(21-14)11-3-5-12(6-4-11)16(19)20/h3-8,13,17-18H,2,9-10H2,1H3,(H,19,20). The van der Waals surface area contributed by atoms with Crippen LogP contribution in [0.25, 0.3) is 11.3 Å². The Morgan fingerprint density at radius 3 is 2.52 bits per heavy atom. The molecule has 0 radical (unpaired) electrons. The van der Waals surface area contributed by atoms with Crippen molar-refractivity contribution in [1.29, 1.82) is 0 Å². The fourth-order valence-electron chi connectivity index (χ4n) is 1.99. The normalized spacial score (nSPS) is 12.3. The number of furan rings is 1. The van der Waals surface area contributed by atoms with Crippen molar-refractivity contribution >= 4 is 5.97 Å². The van der Waals surface area contributed by atoms with E-state index < -0.39 is 5.97 Å². The fraction of sp³-hybridized carbons (Fsp3) is 0.312. The number of nitrogens with one attached hydrogen (secondary N) is 1. The zero-order chi connectivity index (χ0) is 15.2. The van der Waals surface area contributed by atoms with Crippen LogP contribution in [0.1, 0.15) is 29.5 Å². The van der Waals surface area contributed by atoms with Gasteiger partial charge in [0.15, 0.2) is 0 Å². The highest BCUT2D eigenvalue weighted by molar-refractivity contribution is 5.88. The minimum atomic E-state index is -0.944. The van der Waals surface area contributed by atoms with Crippen LogP contribution in [0.15, 0.2) is 40.8 Å². The molecule has 0 aliphatic heterocycles. The van der Waals surface area contributed by atoms with Gasteiger partial charge in [0.2, 0.25) is 0 Å². The first kappa shape index (κ1) is 15.3. The van der Waals surface area contributed by atoms with Gasteiger partial charge in [-0.25, -0.2) is 4.79 Å². The molecule has 0 aliphatic rings. The topological polar surface area (TPSA) is 82.7 Å². The summed E-state index contributed by atoms with van der Waals surface area (Å²) in [7, 11) is 0. The highest BCUT2D eigenvalue weighted by Gasteiger charge is 2.09. The van der Waals surface area contributed by atoms with E-state index in [9.17, 15) is 4.79 Å². The van der Waals surface area contributed by atoms with Gasteiger partial charge in [-0.15, -0.1) is 0 Å². The molecule has 2 aromatic rings. The summed E-state index contributed by atoms with van der Waals surface area (Å²) in [4.78, 5) is 10.8. The summed E-state index contributed by atoms with van der Waals surface area (Å²) < 4.78 is 5.72. The Balaban J connectivity index is 2.03. The van der Waals surface area contributed by atoms with Crippen LogP contribution < -0.4 is 5.32 Å². The number of rotatable bonds is 7. The molecule has 0 amide bonds. The summed E-state index contributed by atoms with van der Waals surface area (Å²) in [6.07, 6.45) is 0.848. The van der Waals surface area contributed by atoms with E-state index in [-0.39, 0.29) is 18.2 Å². The molecule has 0 saturated carbocycles. The molecule has 21 heavy (non-hydrogen) atoms. The van der Waals surface area contributed by atoms with Gasteiger partial charge >= 0.3 is 5.97 Å². The van der Waals surface area contributed by atoms with Crippen molar-refractivity contribution in [2.45, 2.75) is 25.9 Å². The van der Waals surface area contributed by atoms with E-state index in [1.165, 1.54) is 0 Å². The van der Waals surface area contributed by atoms with Gasteiger partial charge in [0.05, 0.1) is 18.7 Å². The quantitative estimate of drug-likeness (QED) is 0.729. The van der Waals surface area contributed by atoms with Crippen LogP contribution in [0.3, 0.4) is 0 Å². The number of hydrogen-bond donors (Lipinski definition) is 3. The minimum Gasteiger partial charge on any atom is -0.478 e. The molecular formula is C16H19NO4. The molecular weight excluding hydrogens is 270 g/mol. The Hall–Kier alpha value is -2.11. The Kier molecular flexibility index (Phi) is 5.14. The molecule has 1 aromatic heterocycles. The average Bonchev–Trinajstić information content (AvgIpc) is 2.97. The van der Waals surface area contributed by atoms with Gasteiger partial charge in [0.25, 0.3) is 0 Å². The molecule has 5 heteroatoms. The van der Waals surface area contributed by atoms with Crippen LogP contribution in [0.2, 0.25) is 0 Å². The van der Waals surface area contributed by atoms with Crippen molar-refractivity contribution in [1.82, 2.24) is 5.32 Å². The summed E-state index contributed by atoms with van der Waals surface area (Å²) >= 11 is 0. The first-order chi connectivity index (χ1) is 10.1. The average molecular weight is 289 g/mol. The number of carbonyl (C=O) groups is 1. The Morgan fingerprint density at radius 2 is 1.95 bits per heavy atom. The van der Waals surface area contributed by atoms with E-state index in [2.05, 4.69) is 5.32 Å². The summed E-state index contributed by atoms with van der Waals surface area (Å²) in [5, 5.41) is 21.2. The van der Waals surface area contributed by atoms with Gasteiger partial charge in [0, 0.05) is 11.6 Å². The zero-order valence-corrected chi connectivity index (χ0v) is 11.9. The fourth-order valence-corrected chi connectivity index (χ4v) is 1.99. The summed E-state index contributed by atoms with van der Waals surface area (Å²) in [5.41, 5.74) is 1.08. The number of hydrogen-bond acceptors (Lipinski definition) is 4. The second-order valence-corrected chi connectivity index (χ2v) is 4.82. The van der Waals surface area contributed by atoms with Gasteiger partial charge in [-0.05, 0) is 30.7 Å². The zero-order valence-electron chi connectivity index (χ0n) is 11.9. The van der Waals surface area contributed by atoms with Gasteiger partial charge in [-0.3, -0.25) is 0 Å². The van der Waals surface area contributed by atoms with Crippen LogP contribution in [-0.2, 0) is 6.54 Å². The van der Waals surface area contributed by atoms with E-state index in [1.807, 2.05) is 19.1 Å². The number of benzene rings is 1.